The number of para-hydroxylation sites is 2. The van der Waals surface area contributed by atoms with Gasteiger partial charge in [-0.25, -0.2) is 13.2 Å². The lowest BCUT2D eigenvalue weighted by Gasteiger charge is -2.09. The average molecular weight is 370 g/mol. The van der Waals surface area contributed by atoms with Gasteiger partial charge in [-0.2, -0.15) is 0 Å². The number of rotatable bonds is 4. The Morgan fingerprint density at radius 3 is 1.78 bits per heavy atom. The van der Waals surface area contributed by atoms with E-state index in [1.54, 1.807) is 6.07 Å². The third-order valence-corrected chi connectivity index (χ3v) is 3.71. The Labute approximate surface area is 152 Å². The van der Waals surface area contributed by atoms with Gasteiger partial charge in [-0.1, -0.05) is 24.3 Å². The molecule has 2 amide bonds. The predicted molar refractivity (Wildman–Crippen MR) is 95.1 cm³/mol. The highest BCUT2D eigenvalue weighted by molar-refractivity contribution is 6.08. The minimum absolute atomic E-state index is 0.00853. The smallest absolute Gasteiger partial charge is 0.255 e. The number of hydrogen-bond acceptors (Lipinski definition) is 2. The van der Waals surface area contributed by atoms with Crippen LogP contribution in [-0.4, -0.2) is 11.8 Å². The number of nitrogens with one attached hydrogen (secondary N) is 2. The first-order valence-electron chi connectivity index (χ1n) is 7.87. The van der Waals surface area contributed by atoms with E-state index < -0.39 is 35.0 Å². The van der Waals surface area contributed by atoms with E-state index in [-0.39, 0.29) is 16.8 Å². The number of benzene rings is 3. The third-order valence-electron chi connectivity index (χ3n) is 3.71. The van der Waals surface area contributed by atoms with E-state index in [1.807, 2.05) is 0 Å². The molecule has 0 bridgehead atoms. The van der Waals surface area contributed by atoms with Crippen molar-refractivity contribution in [2.24, 2.45) is 0 Å². The fraction of sp³-hybridized carbons (Fsp3) is 0. The number of carbonyl (C=O) groups excluding carboxylic acids is 2. The number of carbonyl (C=O) groups is 2. The van der Waals surface area contributed by atoms with Gasteiger partial charge in [-0.15, -0.1) is 0 Å². The van der Waals surface area contributed by atoms with Crippen LogP contribution in [0.4, 0.5) is 24.5 Å². The molecule has 0 aliphatic heterocycles. The first-order chi connectivity index (χ1) is 13.0. The minimum Gasteiger partial charge on any atom is -0.319 e. The van der Waals surface area contributed by atoms with Crippen LogP contribution in [0.5, 0.6) is 0 Å². The minimum atomic E-state index is -0.920. The lowest BCUT2D eigenvalue weighted by Crippen LogP contribution is -2.17. The molecule has 7 heteroatoms. The van der Waals surface area contributed by atoms with Crippen molar-refractivity contribution >= 4 is 23.2 Å². The summed E-state index contributed by atoms with van der Waals surface area (Å²) in [7, 11) is 0. The predicted octanol–water partition coefficient (Wildman–Crippen LogP) is 4.61. The van der Waals surface area contributed by atoms with Crippen LogP contribution in [0.15, 0.2) is 66.7 Å². The van der Waals surface area contributed by atoms with Crippen molar-refractivity contribution in [3.63, 3.8) is 0 Å². The fourth-order valence-corrected chi connectivity index (χ4v) is 2.36. The molecule has 3 aromatic carbocycles. The SMILES string of the molecule is O=C(Nc1ccccc1F)c1cccc(C(=O)Nc2c(F)cccc2F)c1. The largest absolute Gasteiger partial charge is 0.319 e. The van der Waals surface area contributed by atoms with E-state index in [1.165, 1.54) is 48.5 Å². The maximum absolute atomic E-state index is 13.7. The Morgan fingerprint density at radius 1 is 0.630 bits per heavy atom. The molecule has 27 heavy (non-hydrogen) atoms. The molecule has 136 valence electrons. The molecule has 0 aliphatic rings. The highest BCUT2D eigenvalue weighted by Gasteiger charge is 2.15. The molecule has 0 saturated heterocycles. The van der Waals surface area contributed by atoms with E-state index in [4.69, 9.17) is 0 Å². The van der Waals surface area contributed by atoms with Gasteiger partial charge in [0.1, 0.15) is 23.1 Å². The maximum atomic E-state index is 13.7. The van der Waals surface area contributed by atoms with Crippen LogP contribution >= 0.6 is 0 Å². The van der Waals surface area contributed by atoms with Gasteiger partial charge in [0.05, 0.1) is 5.69 Å². The van der Waals surface area contributed by atoms with Gasteiger partial charge >= 0.3 is 0 Å². The lowest BCUT2D eigenvalue weighted by molar-refractivity contribution is 0.102. The molecular formula is C20H13F3N2O2. The summed E-state index contributed by atoms with van der Waals surface area (Å²) in [5, 5.41) is 4.53. The van der Waals surface area contributed by atoms with Gasteiger partial charge in [0.25, 0.3) is 11.8 Å². The summed E-state index contributed by atoms with van der Waals surface area (Å²) >= 11 is 0. The van der Waals surface area contributed by atoms with Crippen LogP contribution in [0, 0.1) is 17.5 Å². The zero-order valence-electron chi connectivity index (χ0n) is 13.8. The molecule has 4 nitrogen and oxygen atoms in total. The summed E-state index contributed by atoms with van der Waals surface area (Å²) in [5.41, 5.74) is -0.492. The topological polar surface area (TPSA) is 58.2 Å². The van der Waals surface area contributed by atoms with E-state index >= 15 is 0 Å². The summed E-state index contributed by atoms with van der Waals surface area (Å²) in [6.45, 7) is 0. The summed E-state index contributed by atoms with van der Waals surface area (Å²) in [4.78, 5) is 24.5. The molecule has 0 heterocycles. The number of halogens is 3. The quantitative estimate of drug-likeness (QED) is 0.705. The molecule has 0 fully saturated rings. The first-order valence-corrected chi connectivity index (χ1v) is 7.87. The second kappa shape index (κ2) is 7.74. The van der Waals surface area contributed by atoms with E-state index in [2.05, 4.69) is 10.6 Å². The molecule has 3 rings (SSSR count). The second-order valence-corrected chi connectivity index (χ2v) is 5.57. The van der Waals surface area contributed by atoms with Crippen LogP contribution in [0.25, 0.3) is 0 Å². The lowest BCUT2D eigenvalue weighted by atomic mass is 10.1. The molecule has 0 radical (unpaired) electrons. The third kappa shape index (κ3) is 4.14. The van der Waals surface area contributed by atoms with Crippen molar-refractivity contribution < 1.29 is 22.8 Å². The molecule has 0 aliphatic carbocycles. The van der Waals surface area contributed by atoms with Gasteiger partial charge in [0, 0.05) is 11.1 Å². The van der Waals surface area contributed by atoms with Crippen molar-refractivity contribution in [3.8, 4) is 0 Å². The Hall–Kier alpha value is -3.61. The van der Waals surface area contributed by atoms with Crippen molar-refractivity contribution in [1.82, 2.24) is 0 Å². The standard InChI is InChI=1S/C20H13F3N2O2/c21-14-7-1-2-10-17(14)24-19(26)12-5-3-6-13(11-12)20(27)25-18-15(22)8-4-9-16(18)23/h1-11H,(H,24,26)(H,25,27). The molecule has 0 spiro atoms. The van der Waals surface area contributed by atoms with E-state index in [0.717, 1.165) is 12.1 Å². The molecule has 0 saturated carbocycles. The maximum Gasteiger partial charge on any atom is 0.255 e. The van der Waals surface area contributed by atoms with Gasteiger partial charge in [-0.3, -0.25) is 9.59 Å². The van der Waals surface area contributed by atoms with Gasteiger partial charge in [0.2, 0.25) is 0 Å². The van der Waals surface area contributed by atoms with Crippen molar-refractivity contribution in [2.75, 3.05) is 10.6 Å². The van der Waals surface area contributed by atoms with Crippen molar-refractivity contribution in [2.45, 2.75) is 0 Å². The first kappa shape index (κ1) is 18.2. The Morgan fingerprint density at radius 2 is 1.15 bits per heavy atom. The molecule has 2 N–H and O–H groups in total. The van der Waals surface area contributed by atoms with E-state index in [0.29, 0.717) is 0 Å². The van der Waals surface area contributed by atoms with Crippen LogP contribution in [0.2, 0.25) is 0 Å². The summed E-state index contributed by atoms with van der Waals surface area (Å²) in [5.74, 6) is -3.87. The van der Waals surface area contributed by atoms with E-state index in [9.17, 15) is 22.8 Å². The van der Waals surface area contributed by atoms with Gasteiger partial charge < -0.3 is 10.6 Å². The molecule has 0 atom stereocenters. The Kier molecular flexibility index (Phi) is 5.21. The summed E-state index contributed by atoms with van der Waals surface area (Å²) < 4.78 is 41.0. The molecular weight excluding hydrogens is 357 g/mol. The molecule has 0 aromatic heterocycles. The summed E-state index contributed by atoms with van der Waals surface area (Å²) in [6.07, 6.45) is 0. The van der Waals surface area contributed by atoms with Crippen LogP contribution in [-0.2, 0) is 0 Å². The van der Waals surface area contributed by atoms with Crippen molar-refractivity contribution in [3.05, 3.63) is 95.3 Å². The number of anilines is 2. The monoisotopic (exact) mass is 370 g/mol. The number of hydrogen-bond donors (Lipinski definition) is 2. The Bertz CT molecular complexity index is 1000. The van der Waals surface area contributed by atoms with Crippen molar-refractivity contribution in [1.29, 1.82) is 0 Å². The van der Waals surface area contributed by atoms with Crippen LogP contribution in [0.3, 0.4) is 0 Å². The zero-order valence-corrected chi connectivity index (χ0v) is 13.8. The summed E-state index contributed by atoms with van der Waals surface area (Å²) in [6, 6.07) is 14.3. The molecule has 0 unspecified atom stereocenters. The second-order valence-electron chi connectivity index (χ2n) is 5.57. The highest BCUT2D eigenvalue weighted by atomic mass is 19.1. The highest BCUT2D eigenvalue weighted by Crippen LogP contribution is 2.20. The van der Waals surface area contributed by atoms with Gasteiger partial charge in [0.15, 0.2) is 0 Å². The van der Waals surface area contributed by atoms with Gasteiger partial charge in [-0.05, 0) is 42.5 Å². The van der Waals surface area contributed by atoms with Crippen LogP contribution in [0.1, 0.15) is 20.7 Å². The zero-order chi connectivity index (χ0) is 19.4. The average Bonchev–Trinajstić information content (AvgIpc) is 2.66. The number of amides is 2. The van der Waals surface area contributed by atoms with Crippen LogP contribution < -0.4 is 10.6 Å². The normalized spacial score (nSPS) is 10.3. The fourth-order valence-electron chi connectivity index (χ4n) is 2.36. The Balaban J connectivity index is 1.80. The molecule has 3 aromatic rings.